The largest absolute Gasteiger partial charge is 0.481 e. The summed E-state index contributed by atoms with van der Waals surface area (Å²) < 4.78 is 5.07. The van der Waals surface area contributed by atoms with Gasteiger partial charge in [0.05, 0.1) is 19.6 Å². The number of aromatic nitrogens is 2. The fourth-order valence-corrected chi connectivity index (χ4v) is 3.92. The van der Waals surface area contributed by atoms with E-state index in [1.54, 1.807) is 19.4 Å². The molecule has 7 nitrogen and oxygen atoms in total. The first-order valence-corrected chi connectivity index (χ1v) is 10.7. The van der Waals surface area contributed by atoms with Crippen molar-refractivity contribution in [2.75, 3.05) is 19.0 Å². The van der Waals surface area contributed by atoms with E-state index in [2.05, 4.69) is 27.4 Å². The van der Waals surface area contributed by atoms with Gasteiger partial charge in [-0.15, -0.1) is 0 Å². The number of rotatable bonds is 11. The second kappa shape index (κ2) is 10.9. The molecule has 3 rings (SSSR count). The highest BCUT2D eigenvalue weighted by molar-refractivity contribution is 5.68. The first kappa shape index (κ1) is 22.0. The molecule has 0 saturated carbocycles. The molecule has 1 unspecified atom stereocenters. The SMILES string of the molecule is COc1ccc([C@@H](CCCC(O)CCc2ccc3c(n2)NCCC3)CC(=O)O)cn1. The van der Waals surface area contributed by atoms with Crippen molar-refractivity contribution in [1.29, 1.82) is 0 Å². The van der Waals surface area contributed by atoms with Crippen LogP contribution in [0.5, 0.6) is 5.88 Å². The molecule has 1 aliphatic heterocycles. The van der Waals surface area contributed by atoms with Gasteiger partial charge < -0.3 is 20.3 Å². The van der Waals surface area contributed by atoms with Gasteiger partial charge in [-0.25, -0.2) is 9.97 Å². The highest BCUT2D eigenvalue weighted by atomic mass is 16.5. The molecular formula is C23H31N3O4. The second-order valence-corrected chi connectivity index (χ2v) is 7.89. The minimum atomic E-state index is -0.830. The van der Waals surface area contributed by atoms with Crippen LogP contribution >= 0.6 is 0 Å². The molecule has 2 aromatic rings. The van der Waals surface area contributed by atoms with Crippen molar-refractivity contribution in [3.63, 3.8) is 0 Å². The number of ether oxygens (including phenoxy) is 1. The standard InChI is InChI=1S/C23H31N3O4/c1-30-21-12-8-18(15-25-21)17(14-22(28)29)4-2-6-20(27)11-10-19-9-7-16-5-3-13-24-23(16)26-19/h7-9,12,15,17,20,27H,2-6,10-11,13-14H2,1H3,(H,24,26)(H,28,29)/t17-,20?/m0/s1. The lowest BCUT2D eigenvalue weighted by Gasteiger charge is -2.18. The van der Waals surface area contributed by atoms with E-state index in [1.165, 1.54) is 5.56 Å². The third kappa shape index (κ3) is 6.42. The van der Waals surface area contributed by atoms with Gasteiger partial charge in [0.1, 0.15) is 5.82 Å². The molecule has 2 aromatic heterocycles. The van der Waals surface area contributed by atoms with Gasteiger partial charge in [0.15, 0.2) is 0 Å². The van der Waals surface area contributed by atoms with E-state index in [4.69, 9.17) is 4.74 Å². The number of aliphatic carboxylic acids is 1. The number of nitrogens with zero attached hydrogens (tertiary/aromatic N) is 2. The summed E-state index contributed by atoms with van der Waals surface area (Å²) in [6, 6.07) is 7.80. The van der Waals surface area contributed by atoms with Gasteiger partial charge in [-0.3, -0.25) is 4.79 Å². The zero-order valence-electron chi connectivity index (χ0n) is 17.5. The van der Waals surface area contributed by atoms with E-state index in [1.807, 2.05) is 6.07 Å². The van der Waals surface area contributed by atoms with Crippen LogP contribution in [0.3, 0.4) is 0 Å². The number of nitrogens with one attached hydrogen (secondary N) is 1. The maximum atomic E-state index is 11.3. The van der Waals surface area contributed by atoms with Crippen LogP contribution in [-0.2, 0) is 17.6 Å². The summed E-state index contributed by atoms with van der Waals surface area (Å²) in [4.78, 5) is 20.1. The zero-order chi connectivity index (χ0) is 21.3. The number of carbonyl (C=O) groups is 1. The molecule has 0 amide bonds. The Balaban J connectivity index is 1.46. The second-order valence-electron chi connectivity index (χ2n) is 7.89. The first-order chi connectivity index (χ1) is 14.5. The minimum Gasteiger partial charge on any atom is -0.481 e. The Labute approximate surface area is 177 Å². The molecule has 3 heterocycles. The van der Waals surface area contributed by atoms with Crippen molar-refractivity contribution >= 4 is 11.8 Å². The highest BCUT2D eigenvalue weighted by Gasteiger charge is 2.17. The van der Waals surface area contributed by atoms with E-state index in [0.29, 0.717) is 25.1 Å². The third-order valence-electron chi connectivity index (χ3n) is 5.64. The van der Waals surface area contributed by atoms with Crippen LogP contribution in [0.4, 0.5) is 5.82 Å². The smallest absolute Gasteiger partial charge is 0.303 e. The third-order valence-corrected chi connectivity index (χ3v) is 5.64. The van der Waals surface area contributed by atoms with E-state index < -0.39 is 12.1 Å². The highest BCUT2D eigenvalue weighted by Crippen LogP contribution is 2.27. The van der Waals surface area contributed by atoms with Gasteiger partial charge in [-0.2, -0.15) is 0 Å². The number of carboxylic acid groups (broad SMARTS) is 1. The lowest BCUT2D eigenvalue weighted by atomic mass is 9.90. The number of aliphatic hydroxyl groups excluding tert-OH is 1. The van der Waals surface area contributed by atoms with Crippen LogP contribution in [-0.4, -0.2) is 45.9 Å². The topological polar surface area (TPSA) is 105 Å². The Morgan fingerprint density at radius 2 is 2.10 bits per heavy atom. The van der Waals surface area contributed by atoms with E-state index in [0.717, 1.165) is 49.3 Å². The predicted molar refractivity (Wildman–Crippen MR) is 115 cm³/mol. The summed E-state index contributed by atoms with van der Waals surface area (Å²) in [6.45, 7) is 0.966. The van der Waals surface area contributed by atoms with Crippen molar-refractivity contribution in [3.8, 4) is 5.88 Å². The summed E-state index contributed by atoms with van der Waals surface area (Å²) in [5.41, 5.74) is 3.15. The van der Waals surface area contributed by atoms with Gasteiger partial charge in [-0.05, 0) is 61.6 Å². The van der Waals surface area contributed by atoms with Crippen molar-refractivity contribution in [2.45, 2.75) is 63.4 Å². The molecule has 0 saturated heterocycles. The summed E-state index contributed by atoms with van der Waals surface area (Å²) in [5, 5.41) is 23.0. The molecule has 2 atom stereocenters. The fourth-order valence-electron chi connectivity index (χ4n) is 3.92. The van der Waals surface area contributed by atoms with Crippen molar-refractivity contribution in [2.24, 2.45) is 0 Å². The normalized spacial score (nSPS) is 15.0. The van der Waals surface area contributed by atoms with Crippen LogP contribution in [0.1, 0.15) is 61.3 Å². The van der Waals surface area contributed by atoms with Crippen molar-refractivity contribution in [3.05, 3.63) is 47.3 Å². The van der Waals surface area contributed by atoms with Crippen molar-refractivity contribution < 1.29 is 19.7 Å². The number of hydrogen-bond acceptors (Lipinski definition) is 6. The minimum absolute atomic E-state index is 0.0517. The maximum Gasteiger partial charge on any atom is 0.303 e. The first-order valence-electron chi connectivity index (χ1n) is 10.7. The average Bonchev–Trinajstić information content (AvgIpc) is 2.76. The molecule has 0 fully saturated rings. The number of methoxy groups -OCH3 is 1. The molecule has 30 heavy (non-hydrogen) atoms. The number of anilines is 1. The summed E-state index contributed by atoms with van der Waals surface area (Å²) in [5.74, 6) is 0.539. The Morgan fingerprint density at radius 3 is 2.83 bits per heavy atom. The monoisotopic (exact) mass is 413 g/mol. The van der Waals surface area contributed by atoms with Gasteiger partial charge in [0, 0.05) is 24.5 Å². The molecule has 7 heteroatoms. The van der Waals surface area contributed by atoms with Crippen LogP contribution in [0.2, 0.25) is 0 Å². The predicted octanol–water partition coefficient (Wildman–Crippen LogP) is 3.57. The molecule has 0 spiro atoms. The van der Waals surface area contributed by atoms with Gasteiger partial charge >= 0.3 is 5.97 Å². The maximum absolute atomic E-state index is 11.3. The van der Waals surface area contributed by atoms with Crippen LogP contribution in [0, 0.1) is 0 Å². The summed E-state index contributed by atoms with van der Waals surface area (Å²) in [6.07, 6.45) is 6.99. The number of aryl methyl sites for hydroxylation is 2. The van der Waals surface area contributed by atoms with E-state index in [9.17, 15) is 15.0 Å². The molecular weight excluding hydrogens is 382 g/mol. The number of pyridine rings is 2. The number of hydrogen-bond donors (Lipinski definition) is 3. The van der Waals surface area contributed by atoms with Gasteiger partial charge in [0.2, 0.25) is 5.88 Å². The Bertz CT molecular complexity index is 826. The zero-order valence-corrected chi connectivity index (χ0v) is 17.5. The molecule has 0 radical (unpaired) electrons. The van der Waals surface area contributed by atoms with Gasteiger partial charge in [-0.1, -0.05) is 18.6 Å². The Morgan fingerprint density at radius 1 is 1.23 bits per heavy atom. The molecule has 0 aromatic carbocycles. The van der Waals surface area contributed by atoms with Crippen LogP contribution < -0.4 is 10.1 Å². The molecule has 162 valence electrons. The lowest BCUT2D eigenvalue weighted by Crippen LogP contribution is -2.15. The quantitative estimate of drug-likeness (QED) is 0.517. The van der Waals surface area contributed by atoms with E-state index >= 15 is 0 Å². The van der Waals surface area contributed by atoms with Crippen molar-refractivity contribution in [1.82, 2.24) is 9.97 Å². The Hall–Kier alpha value is -2.67. The molecule has 3 N–H and O–H groups in total. The molecule has 0 aliphatic carbocycles. The summed E-state index contributed by atoms with van der Waals surface area (Å²) in [7, 11) is 1.55. The number of carboxylic acids is 1. The van der Waals surface area contributed by atoms with E-state index in [-0.39, 0.29) is 12.3 Å². The Kier molecular flexibility index (Phi) is 8.02. The fraction of sp³-hybridized carbons (Fsp3) is 0.522. The number of fused-ring (bicyclic) bond motifs is 1. The lowest BCUT2D eigenvalue weighted by molar-refractivity contribution is -0.137. The van der Waals surface area contributed by atoms with Gasteiger partial charge in [0.25, 0.3) is 0 Å². The number of aliphatic hydroxyl groups is 1. The summed E-state index contributed by atoms with van der Waals surface area (Å²) >= 11 is 0. The molecule has 0 bridgehead atoms. The van der Waals surface area contributed by atoms with Crippen LogP contribution in [0.15, 0.2) is 30.5 Å². The average molecular weight is 414 g/mol. The molecule has 1 aliphatic rings. The van der Waals surface area contributed by atoms with Crippen LogP contribution in [0.25, 0.3) is 0 Å².